The van der Waals surface area contributed by atoms with Crippen molar-refractivity contribution in [3.05, 3.63) is 47.0 Å². The highest BCUT2D eigenvalue weighted by Crippen LogP contribution is 2.37. The van der Waals surface area contributed by atoms with E-state index in [-0.39, 0.29) is 4.90 Å². The number of H-pyrrole nitrogens is 1. The molecule has 0 spiro atoms. The molecule has 28 heavy (non-hydrogen) atoms. The van der Waals surface area contributed by atoms with Gasteiger partial charge in [-0.3, -0.25) is 4.72 Å². The molecule has 2 heterocycles. The van der Waals surface area contributed by atoms with Gasteiger partial charge in [0.05, 0.1) is 5.69 Å². The molecular weight excluding hydrogens is 376 g/mol. The van der Waals surface area contributed by atoms with E-state index in [1.54, 1.807) is 19.9 Å². The van der Waals surface area contributed by atoms with Crippen molar-refractivity contribution >= 4 is 15.7 Å². The lowest BCUT2D eigenvalue weighted by molar-refractivity contribution is 0.338. The van der Waals surface area contributed by atoms with Crippen LogP contribution in [-0.4, -0.2) is 23.6 Å². The number of para-hydroxylation sites is 1. The fraction of sp³-hybridized carbons (Fsp3) is 0.400. The predicted octanol–water partition coefficient (Wildman–Crippen LogP) is 4.31. The minimum absolute atomic E-state index is 0.219. The Labute approximate surface area is 164 Å². The van der Waals surface area contributed by atoms with E-state index in [2.05, 4.69) is 19.9 Å². The van der Waals surface area contributed by atoms with Crippen molar-refractivity contribution in [2.24, 2.45) is 0 Å². The van der Waals surface area contributed by atoms with Crippen LogP contribution < -0.4 is 4.72 Å². The fourth-order valence-corrected chi connectivity index (χ4v) is 5.18. The van der Waals surface area contributed by atoms with Crippen molar-refractivity contribution in [3.8, 4) is 11.6 Å². The highest BCUT2D eigenvalue weighted by atomic mass is 32.2. The Morgan fingerprint density at radius 1 is 1.21 bits per heavy atom. The first-order valence-corrected chi connectivity index (χ1v) is 11.0. The minimum atomic E-state index is -3.77. The molecule has 1 aliphatic rings. The molecule has 1 aliphatic carbocycles. The number of benzene rings is 1. The number of aromatic amines is 1. The number of anilines is 1. The standard InChI is InChI=1S/C20H24N4O3S/c1-4-14-8-5-6-11-16(14)24-28(25,26)18-12(2)17(21-13(18)3)20-23-22-19(27-20)15-9-7-10-15/h5-6,8,11,15,21,24H,4,7,9-10H2,1-3H3. The zero-order chi connectivity index (χ0) is 19.9. The Bertz CT molecular complexity index is 1110. The summed E-state index contributed by atoms with van der Waals surface area (Å²) < 4.78 is 34.8. The first-order valence-electron chi connectivity index (χ1n) is 9.54. The third-order valence-corrected chi connectivity index (χ3v) is 7.03. The van der Waals surface area contributed by atoms with E-state index in [0.29, 0.717) is 40.3 Å². The molecule has 0 atom stereocenters. The number of nitrogens with one attached hydrogen (secondary N) is 2. The van der Waals surface area contributed by atoms with Gasteiger partial charge in [-0.1, -0.05) is 31.5 Å². The molecule has 7 nitrogen and oxygen atoms in total. The Hall–Kier alpha value is -2.61. The topological polar surface area (TPSA) is 101 Å². The average molecular weight is 401 g/mol. The summed E-state index contributed by atoms with van der Waals surface area (Å²) in [5.41, 5.74) is 3.20. The number of nitrogens with zero attached hydrogens (tertiary/aromatic N) is 2. The summed E-state index contributed by atoms with van der Waals surface area (Å²) in [6, 6.07) is 7.41. The second-order valence-electron chi connectivity index (χ2n) is 7.27. The maximum absolute atomic E-state index is 13.1. The van der Waals surface area contributed by atoms with Crippen LogP contribution in [-0.2, 0) is 16.4 Å². The number of aromatic nitrogens is 3. The third kappa shape index (κ3) is 3.22. The van der Waals surface area contributed by atoms with Crippen molar-refractivity contribution in [1.82, 2.24) is 15.2 Å². The zero-order valence-electron chi connectivity index (χ0n) is 16.2. The first kappa shape index (κ1) is 18.7. The summed E-state index contributed by atoms with van der Waals surface area (Å²) in [5, 5.41) is 8.28. The molecule has 2 N–H and O–H groups in total. The number of hydrogen-bond donors (Lipinski definition) is 2. The van der Waals surface area contributed by atoms with Gasteiger partial charge >= 0.3 is 0 Å². The Morgan fingerprint density at radius 3 is 2.64 bits per heavy atom. The van der Waals surface area contributed by atoms with Gasteiger partial charge in [-0.15, -0.1) is 10.2 Å². The van der Waals surface area contributed by atoms with Gasteiger partial charge in [-0.05, 0) is 44.7 Å². The number of aryl methyl sites for hydroxylation is 2. The van der Waals surface area contributed by atoms with Crippen LogP contribution in [0, 0.1) is 13.8 Å². The maximum Gasteiger partial charge on any atom is 0.264 e. The molecule has 0 aliphatic heterocycles. The molecule has 1 aromatic carbocycles. The van der Waals surface area contributed by atoms with E-state index >= 15 is 0 Å². The van der Waals surface area contributed by atoms with Crippen LogP contribution in [0.5, 0.6) is 0 Å². The monoisotopic (exact) mass is 400 g/mol. The van der Waals surface area contributed by atoms with Gasteiger partial charge in [0.25, 0.3) is 15.9 Å². The van der Waals surface area contributed by atoms with Crippen LogP contribution in [0.4, 0.5) is 5.69 Å². The van der Waals surface area contributed by atoms with Crippen LogP contribution in [0.15, 0.2) is 33.6 Å². The smallest absolute Gasteiger partial charge is 0.264 e. The molecule has 0 amide bonds. The molecule has 0 radical (unpaired) electrons. The van der Waals surface area contributed by atoms with Crippen LogP contribution >= 0.6 is 0 Å². The molecule has 1 saturated carbocycles. The summed E-state index contributed by atoms with van der Waals surface area (Å²) in [6.45, 7) is 5.49. The number of hydrogen-bond acceptors (Lipinski definition) is 5. The summed E-state index contributed by atoms with van der Waals surface area (Å²) in [5.74, 6) is 1.29. The molecule has 0 unspecified atom stereocenters. The van der Waals surface area contributed by atoms with Crippen molar-refractivity contribution in [1.29, 1.82) is 0 Å². The highest BCUT2D eigenvalue weighted by molar-refractivity contribution is 7.92. The SMILES string of the molecule is CCc1ccccc1NS(=O)(=O)c1c(C)[nH]c(-c2nnc(C3CCC3)o2)c1C. The molecule has 0 saturated heterocycles. The molecule has 148 valence electrons. The van der Waals surface area contributed by atoms with Crippen molar-refractivity contribution in [3.63, 3.8) is 0 Å². The van der Waals surface area contributed by atoms with Gasteiger partial charge in [0.2, 0.25) is 5.89 Å². The van der Waals surface area contributed by atoms with Gasteiger partial charge in [0.1, 0.15) is 10.6 Å². The van der Waals surface area contributed by atoms with Crippen LogP contribution in [0.25, 0.3) is 11.6 Å². The van der Waals surface area contributed by atoms with Gasteiger partial charge in [0, 0.05) is 17.2 Å². The quantitative estimate of drug-likeness (QED) is 0.642. The first-order chi connectivity index (χ1) is 13.4. The van der Waals surface area contributed by atoms with Gasteiger partial charge in [0.15, 0.2) is 0 Å². The molecule has 0 bridgehead atoms. The largest absolute Gasteiger partial charge is 0.419 e. The van der Waals surface area contributed by atoms with E-state index in [1.165, 1.54) is 6.42 Å². The van der Waals surface area contributed by atoms with Gasteiger partial charge < -0.3 is 9.40 Å². The molecule has 3 aromatic rings. The number of sulfonamides is 1. The second kappa shape index (κ2) is 7.09. The van der Waals surface area contributed by atoms with E-state index in [1.807, 2.05) is 25.1 Å². The lowest BCUT2D eigenvalue weighted by atomic mass is 9.85. The molecule has 4 rings (SSSR count). The lowest BCUT2D eigenvalue weighted by Crippen LogP contribution is -2.15. The van der Waals surface area contributed by atoms with Gasteiger partial charge in [-0.2, -0.15) is 0 Å². The minimum Gasteiger partial charge on any atom is -0.419 e. The Kier molecular flexibility index (Phi) is 4.74. The summed E-state index contributed by atoms with van der Waals surface area (Å²) in [6.07, 6.45) is 4.03. The molecule has 2 aromatic heterocycles. The van der Waals surface area contributed by atoms with E-state index < -0.39 is 10.0 Å². The summed E-state index contributed by atoms with van der Waals surface area (Å²) >= 11 is 0. The van der Waals surface area contributed by atoms with Crippen molar-refractivity contribution in [2.45, 2.75) is 57.3 Å². The van der Waals surface area contributed by atoms with E-state index in [0.717, 1.165) is 24.8 Å². The number of rotatable bonds is 6. The zero-order valence-corrected chi connectivity index (χ0v) is 17.1. The van der Waals surface area contributed by atoms with Crippen molar-refractivity contribution in [2.75, 3.05) is 4.72 Å². The fourth-order valence-electron chi connectivity index (χ4n) is 3.63. The second-order valence-corrected chi connectivity index (χ2v) is 8.89. The lowest BCUT2D eigenvalue weighted by Gasteiger charge is -2.20. The average Bonchev–Trinajstić information content (AvgIpc) is 3.18. The van der Waals surface area contributed by atoms with Crippen LogP contribution in [0.1, 0.15) is 54.8 Å². The highest BCUT2D eigenvalue weighted by Gasteiger charge is 2.29. The maximum atomic E-state index is 13.1. The predicted molar refractivity (Wildman–Crippen MR) is 107 cm³/mol. The van der Waals surface area contributed by atoms with E-state index in [9.17, 15) is 8.42 Å². The summed E-state index contributed by atoms with van der Waals surface area (Å²) in [7, 11) is -3.77. The normalized spacial score (nSPS) is 14.8. The Morgan fingerprint density at radius 2 is 1.96 bits per heavy atom. The summed E-state index contributed by atoms with van der Waals surface area (Å²) in [4.78, 5) is 3.34. The molecule has 1 fully saturated rings. The molecular formula is C20H24N4O3S. The van der Waals surface area contributed by atoms with Crippen molar-refractivity contribution < 1.29 is 12.8 Å². The van der Waals surface area contributed by atoms with E-state index in [4.69, 9.17) is 4.42 Å². The van der Waals surface area contributed by atoms with Gasteiger partial charge in [-0.25, -0.2) is 8.42 Å². The third-order valence-electron chi connectivity index (χ3n) is 5.39. The Balaban J connectivity index is 1.69. The molecule has 8 heteroatoms. The van der Waals surface area contributed by atoms with Crippen LogP contribution in [0.2, 0.25) is 0 Å². The van der Waals surface area contributed by atoms with Crippen LogP contribution in [0.3, 0.4) is 0 Å².